The van der Waals surface area contributed by atoms with E-state index in [2.05, 4.69) is 5.32 Å². The van der Waals surface area contributed by atoms with Gasteiger partial charge in [0.05, 0.1) is 0 Å². The fraction of sp³-hybridized carbons (Fsp3) is 0.412. The van der Waals surface area contributed by atoms with Gasteiger partial charge in [0.25, 0.3) is 5.91 Å². The molecule has 0 atom stereocenters. The van der Waals surface area contributed by atoms with Crippen LogP contribution in [-0.4, -0.2) is 18.6 Å². The van der Waals surface area contributed by atoms with Crippen LogP contribution in [0.3, 0.4) is 0 Å². The molecule has 0 saturated heterocycles. The molecule has 5 heteroatoms. The molecular weight excluding hydrogens is 282 g/mol. The maximum atomic E-state index is 11.6. The lowest BCUT2D eigenvalue weighted by molar-refractivity contribution is -0.123. The predicted molar refractivity (Wildman–Crippen MR) is 85.3 cm³/mol. The second-order valence-corrected chi connectivity index (χ2v) is 5.84. The Labute approximate surface area is 129 Å². The zero-order valence-corrected chi connectivity index (χ0v) is 13.3. The van der Waals surface area contributed by atoms with Crippen molar-refractivity contribution in [3.05, 3.63) is 40.2 Å². The summed E-state index contributed by atoms with van der Waals surface area (Å²) in [6.45, 7) is 7.74. The number of benzene rings is 1. The highest BCUT2D eigenvalue weighted by atomic mass is 16.5. The Kier molecular flexibility index (Phi) is 4.85. The number of carbonyl (C=O) groups excluding carboxylic acids is 1. The zero-order chi connectivity index (χ0) is 16.3. The summed E-state index contributed by atoms with van der Waals surface area (Å²) in [5.74, 6) is 0.526. The van der Waals surface area contributed by atoms with E-state index in [-0.39, 0.29) is 30.1 Å². The smallest absolute Gasteiger partial charge is 0.336 e. The third-order valence-electron chi connectivity index (χ3n) is 3.19. The van der Waals surface area contributed by atoms with E-state index in [0.717, 1.165) is 10.9 Å². The van der Waals surface area contributed by atoms with E-state index in [9.17, 15) is 9.59 Å². The van der Waals surface area contributed by atoms with Crippen LogP contribution in [0.1, 0.15) is 39.2 Å². The van der Waals surface area contributed by atoms with Crippen molar-refractivity contribution in [1.82, 2.24) is 5.32 Å². The standard InChI is InChI=1S/C17H21NO4/c1-10(2)14-8-17(20)22-15-7-12(5-6-13(14)15)21-9-16(19)18-11(3)4/h5-8,10-11H,9H2,1-4H3,(H,18,19). The minimum Gasteiger partial charge on any atom is -0.484 e. The summed E-state index contributed by atoms with van der Waals surface area (Å²) in [7, 11) is 0. The molecule has 0 fully saturated rings. The normalized spacial score (nSPS) is 11.2. The van der Waals surface area contributed by atoms with Crippen LogP contribution >= 0.6 is 0 Å². The molecule has 1 N–H and O–H groups in total. The fourth-order valence-electron chi connectivity index (χ4n) is 2.25. The van der Waals surface area contributed by atoms with E-state index in [1.807, 2.05) is 33.8 Å². The van der Waals surface area contributed by atoms with Crippen molar-refractivity contribution in [2.75, 3.05) is 6.61 Å². The van der Waals surface area contributed by atoms with Gasteiger partial charge < -0.3 is 14.5 Å². The average molecular weight is 303 g/mol. The third-order valence-corrected chi connectivity index (χ3v) is 3.19. The molecule has 1 aromatic carbocycles. The largest absolute Gasteiger partial charge is 0.484 e. The molecule has 118 valence electrons. The first kappa shape index (κ1) is 16.1. The highest BCUT2D eigenvalue weighted by molar-refractivity contribution is 5.82. The summed E-state index contributed by atoms with van der Waals surface area (Å²) in [5.41, 5.74) is 1.03. The molecule has 1 aromatic heterocycles. The SMILES string of the molecule is CC(C)NC(=O)COc1ccc2c(C(C)C)cc(=O)oc2c1. The summed E-state index contributed by atoms with van der Waals surface area (Å²) in [4.78, 5) is 23.2. The maximum Gasteiger partial charge on any atom is 0.336 e. The molecule has 1 amide bonds. The molecule has 0 radical (unpaired) electrons. The molecule has 22 heavy (non-hydrogen) atoms. The fourth-order valence-corrected chi connectivity index (χ4v) is 2.25. The van der Waals surface area contributed by atoms with Gasteiger partial charge in [0, 0.05) is 23.6 Å². The Bertz CT molecular complexity index is 731. The van der Waals surface area contributed by atoms with Crippen LogP contribution in [0.2, 0.25) is 0 Å². The van der Waals surface area contributed by atoms with Crippen LogP contribution in [-0.2, 0) is 4.79 Å². The maximum absolute atomic E-state index is 11.6. The molecule has 0 aliphatic rings. The van der Waals surface area contributed by atoms with Gasteiger partial charge in [-0.2, -0.15) is 0 Å². The number of rotatable bonds is 5. The molecule has 2 rings (SSSR count). The van der Waals surface area contributed by atoms with E-state index in [1.54, 1.807) is 12.1 Å². The van der Waals surface area contributed by atoms with Gasteiger partial charge in [0.15, 0.2) is 6.61 Å². The Morgan fingerprint density at radius 2 is 1.95 bits per heavy atom. The molecule has 0 aliphatic heterocycles. The van der Waals surface area contributed by atoms with Crippen LogP contribution in [0.4, 0.5) is 0 Å². The first-order valence-electron chi connectivity index (χ1n) is 7.36. The second-order valence-electron chi connectivity index (χ2n) is 5.84. The Morgan fingerprint density at radius 1 is 1.23 bits per heavy atom. The molecule has 5 nitrogen and oxygen atoms in total. The van der Waals surface area contributed by atoms with Gasteiger partial charge in [-0.1, -0.05) is 13.8 Å². The third kappa shape index (κ3) is 3.87. The van der Waals surface area contributed by atoms with E-state index in [0.29, 0.717) is 11.3 Å². The monoisotopic (exact) mass is 303 g/mol. The van der Waals surface area contributed by atoms with Crippen LogP contribution in [0.5, 0.6) is 5.75 Å². The van der Waals surface area contributed by atoms with Gasteiger partial charge in [-0.25, -0.2) is 4.79 Å². The number of hydrogen-bond donors (Lipinski definition) is 1. The number of amides is 1. The average Bonchev–Trinajstić information content (AvgIpc) is 2.42. The van der Waals surface area contributed by atoms with Crippen molar-refractivity contribution in [1.29, 1.82) is 0 Å². The Balaban J connectivity index is 2.24. The van der Waals surface area contributed by atoms with Crippen LogP contribution in [0, 0.1) is 0 Å². The summed E-state index contributed by atoms with van der Waals surface area (Å²) in [6, 6.07) is 6.86. The Morgan fingerprint density at radius 3 is 2.59 bits per heavy atom. The quantitative estimate of drug-likeness (QED) is 0.862. The minimum atomic E-state index is -0.383. The lowest BCUT2D eigenvalue weighted by atomic mass is 10.00. The topological polar surface area (TPSA) is 68.5 Å². The van der Waals surface area contributed by atoms with E-state index in [1.165, 1.54) is 6.07 Å². The van der Waals surface area contributed by atoms with E-state index >= 15 is 0 Å². The number of fused-ring (bicyclic) bond motifs is 1. The zero-order valence-electron chi connectivity index (χ0n) is 13.3. The van der Waals surface area contributed by atoms with E-state index in [4.69, 9.17) is 9.15 Å². The van der Waals surface area contributed by atoms with Gasteiger partial charge in [-0.05, 0) is 37.5 Å². The van der Waals surface area contributed by atoms with Gasteiger partial charge in [0.1, 0.15) is 11.3 Å². The molecule has 0 unspecified atom stereocenters. The van der Waals surface area contributed by atoms with E-state index < -0.39 is 0 Å². The number of ether oxygens (including phenoxy) is 1. The number of hydrogen-bond acceptors (Lipinski definition) is 4. The van der Waals surface area contributed by atoms with Crippen LogP contribution in [0.25, 0.3) is 11.0 Å². The van der Waals surface area contributed by atoms with Crippen molar-refractivity contribution in [3.63, 3.8) is 0 Å². The van der Waals surface area contributed by atoms with Crippen molar-refractivity contribution in [2.24, 2.45) is 0 Å². The Hall–Kier alpha value is -2.30. The van der Waals surface area contributed by atoms with Gasteiger partial charge in [-0.3, -0.25) is 4.79 Å². The second kappa shape index (κ2) is 6.64. The van der Waals surface area contributed by atoms with Crippen molar-refractivity contribution in [2.45, 2.75) is 39.7 Å². The van der Waals surface area contributed by atoms with Crippen molar-refractivity contribution in [3.8, 4) is 5.75 Å². The van der Waals surface area contributed by atoms with Crippen LogP contribution < -0.4 is 15.7 Å². The van der Waals surface area contributed by atoms with Gasteiger partial charge in [-0.15, -0.1) is 0 Å². The number of carbonyl (C=O) groups is 1. The first-order valence-corrected chi connectivity index (χ1v) is 7.36. The highest BCUT2D eigenvalue weighted by Gasteiger charge is 2.11. The predicted octanol–water partition coefficient (Wildman–Crippen LogP) is 2.82. The van der Waals surface area contributed by atoms with Crippen molar-refractivity contribution < 1.29 is 13.9 Å². The molecule has 0 aliphatic carbocycles. The van der Waals surface area contributed by atoms with Gasteiger partial charge in [0.2, 0.25) is 0 Å². The first-order chi connectivity index (χ1) is 10.4. The lowest BCUT2D eigenvalue weighted by Crippen LogP contribution is -2.34. The summed E-state index contributed by atoms with van der Waals surface area (Å²) in [5, 5.41) is 3.63. The molecule has 2 aromatic rings. The minimum absolute atomic E-state index is 0.0688. The molecular formula is C17H21NO4. The van der Waals surface area contributed by atoms with Crippen molar-refractivity contribution >= 4 is 16.9 Å². The van der Waals surface area contributed by atoms with Gasteiger partial charge >= 0.3 is 5.63 Å². The molecule has 0 bridgehead atoms. The molecule has 0 saturated carbocycles. The highest BCUT2D eigenvalue weighted by Crippen LogP contribution is 2.26. The lowest BCUT2D eigenvalue weighted by Gasteiger charge is -2.11. The molecule has 0 spiro atoms. The summed E-state index contributed by atoms with van der Waals surface area (Å²) >= 11 is 0. The molecule has 1 heterocycles. The van der Waals surface area contributed by atoms with Crippen LogP contribution in [0.15, 0.2) is 33.5 Å². The number of nitrogens with one attached hydrogen (secondary N) is 1. The summed E-state index contributed by atoms with van der Waals surface area (Å²) < 4.78 is 10.7. The summed E-state index contributed by atoms with van der Waals surface area (Å²) in [6.07, 6.45) is 0.